The number of nitrogens with two attached hydrogens (primary N) is 1. The molecule has 0 fully saturated rings. The second kappa shape index (κ2) is 5.27. The molecule has 1 unspecified atom stereocenters. The van der Waals surface area contributed by atoms with E-state index < -0.39 is 0 Å². The van der Waals surface area contributed by atoms with Crippen LogP contribution < -0.4 is 5.73 Å². The monoisotopic (exact) mass is 249 g/mol. The van der Waals surface area contributed by atoms with Gasteiger partial charge in [-0.15, -0.1) is 0 Å². The average molecular weight is 249 g/mol. The molecule has 1 atom stereocenters. The van der Waals surface area contributed by atoms with Crippen molar-refractivity contribution in [1.29, 1.82) is 0 Å². The first-order chi connectivity index (χ1) is 8.58. The van der Waals surface area contributed by atoms with Crippen LogP contribution in [0.4, 0.5) is 4.39 Å². The number of halogens is 1. The predicted octanol–water partition coefficient (Wildman–Crippen LogP) is 2.46. The van der Waals surface area contributed by atoms with Crippen LogP contribution >= 0.6 is 0 Å². The third-order valence-electron chi connectivity index (χ3n) is 2.80. The van der Waals surface area contributed by atoms with Gasteiger partial charge in [-0.3, -0.25) is 0 Å². The minimum Gasteiger partial charge on any atom is -0.339 e. The van der Waals surface area contributed by atoms with E-state index in [0.29, 0.717) is 17.3 Å². The van der Waals surface area contributed by atoms with Gasteiger partial charge in [0.15, 0.2) is 5.82 Å². The summed E-state index contributed by atoms with van der Waals surface area (Å²) in [5.74, 6) is 0.803. The Morgan fingerprint density at radius 3 is 2.72 bits per heavy atom. The number of hydrogen-bond acceptors (Lipinski definition) is 4. The molecule has 0 spiro atoms. The fraction of sp³-hybridized carbons (Fsp3) is 0.385. The largest absolute Gasteiger partial charge is 0.339 e. The molecule has 96 valence electrons. The summed E-state index contributed by atoms with van der Waals surface area (Å²) in [6, 6.07) is 6.26. The van der Waals surface area contributed by atoms with Gasteiger partial charge in [0, 0.05) is 0 Å². The summed E-state index contributed by atoms with van der Waals surface area (Å²) in [7, 11) is 0. The van der Waals surface area contributed by atoms with Gasteiger partial charge in [-0.05, 0) is 17.5 Å². The van der Waals surface area contributed by atoms with Crippen LogP contribution in [-0.4, -0.2) is 10.1 Å². The Hall–Kier alpha value is -1.75. The van der Waals surface area contributed by atoms with Crippen molar-refractivity contribution < 1.29 is 8.91 Å². The first-order valence-corrected chi connectivity index (χ1v) is 5.89. The highest BCUT2D eigenvalue weighted by Gasteiger charge is 2.17. The topological polar surface area (TPSA) is 64.9 Å². The number of hydrogen-bond donors (Lipinski definition) is 1. The van der Waals surface area contributed by atoms with E-state index in [-0.39, 0.29) is 24.2 Å². The molecule has 0 aliphatic rings. The Balaban J connectivity index is 2.14. The number of aromatic nitrogens is 2. The number of nitrogens with zero attached hydrogens (tertiary/aromatic N) is 2. The minimum absolute atomic E-state index is 0.226. The van der Waals surface area contributed by atoms with Gasteiger partial charge in [-0.2, -0.15) is 4.98 Å². The molecule has 0 bridgehead atoms. The van der Waals surface area contributed by atoms with Crippen LogP contribution in [0.25, 0.3) is 0 Å². The van der Waals surface area contributed by atoms with Gasteiger partial charge in [-0.1, -0.05) is 37.2 Å². The lowest BCUT2D eigenvalue weighted by molar-refractivity contribution is 0.367. The molecule has 2 rings (SSSR count). The van der Waals surface area contributed by atoms with Crippen LogP contribution in [0.2, 0.25) is 0 Å². The van der Waals surface area contributed by atoms with E-state index >= 15 is 0 Å². The average Bonchev–Trinajstić information content (AvgIpc) is 2.79. The molecule has 0 radical (unpaired) electrons. The van der Waals surface area contributed by atoms with Crippen molar-refractivity contribution in [2.24, 2.45) is 11.7 Å². The molecule has 5 heteroatoms. The van der Waals surface area contributed by atoms with Crippen molar-refractivity contribution in [2.75, 3.05) is 0 Å². The first kappa shape index (κ1) is 12.7. The predicted molar refractivity (Wildman–Crippen MR) is 65.3 cm³/mol. The van der Waals surface area contributed by atoms with Gasteiger partial charge < -0.3 is 10.3 Å². The van der Waals surface area contributed by atoms with Crippen molar-refractivity contribution in [1.82, 2.24) is 10.1 Å². The van der Waals surface area contributed by atoms with E-state index in [1.165, 1.54) is 6.07 Å². The summed E-state index contributed by atoms with van der Waals surface area (Å²) in [6.07, 6.45) is 0.282. The summed E-state index contributed by atoms with van der Waals surface area (Å²) < 4.78 is 18.5. The molecule has 1 heterocycles. The van der Waals surface area contributed by atoms with Gasteiger partial charge in [0.2, 0.25) is 5.89 Å². The van der Waals surface area contributed by atoms with Crippen LogP contribution in [-0.2, 0) is 6.42 Å². The van der Waals surface area contributed by atoms with Gasteiger partial charge in [-0.25, -0.2) is 4.39 Å². The van der Waals surface area contributed by atoms with Gasteiger partial charge in [0.05, 0.1) is 12.5 Å². The molecular weight excluding hydrogens is 233 g/mol. The summed E-state index contributed by atoms with van der Waals surface area (Å²) in [4.78, 5) is 4.20. The van der Waals surface area contributed by atoms with E-state index in [0.717, 1.165) is 0 Å². The Morgan fingerprint density at radius 1 is 1.33 bits per heavy atom. The lowest BCUT2D eigenvalue weighted by atomic mass is 10.1. The van der Waals surface area contributed by atoms with Crippen molar-refractivity contribution in [3.05, 3.63) is 47.4 Å². The third kappa shape index (κ3) is 2.73. The summed E-state index contributed by atoms with van der Waals surface area (Å²) >= 11 is 0. The van der Waals surface area contributed by atoms with E-state index in [9.17, 15) is 4.39 Å². The van der Waals surface area contributed by atoms with Crippen LogP contribution in [0.5, 0.6) is 0 Å². The number of rotatable bonds is 4. The zero-order chi connectivity index (χ0) is 13.1. The first-order valence-electron chi connectivity index (χ1n) is 5.89. The molecule has 0 aliphatic carbocycles. The van der Waals surface area contributed by atoms with Crippen molar-refractivity contribution >= 4 is 0 Å². The number of benzene rings is 1. The molecule has 18 heavy (non-hydrogen) atoms. The Labute approximate surface area is 105 Å². The van der Waals surface area contributed by atoms with Gasteiger partial charge in [0.25, 0.3) is 0 Å². The van der Waals surface area contributed by atoms with Crippen molar-refractivity contribution in [3.63, 3.8) is 0 Å². The quantitative estimate of drug-likeness (QED) is 0.904. The lowest BCUT2D eigenvalue weighted by Gasteiger charge is -2.09. The Morgan fingerprint density at radius 2 is 2.06 bits per heavy atom. The van der Waals surface area contributed by atoms with Crippen LogP contribution in [0.1, 0.15) is 37.2 Å². The van der Waals surface area contributed by atoms with E-state index in [4.69, 9.17) is 10.3 Å². The standard InChI is InChI=1S/C13H16FN3O/c1-8(2)12(15)13-16-11(18-17-13)7-9-5-3-4-6-10(9)14/h3-6,8,12H,7,15H2,1-2H3. The molecule has 2 N–H and O–H groups in total. The van der Waals surface area contributed by atoms with E-state index in [1.54, 1.807) is 18.2 Å². The smallest absolute Gasteiger partial charge is 0.231 e. The zero-order valence-corrected chi connectivity index (χ0v) is 10.4. The normalized spacial score (nSPS) is 12.9. The van der Waals surface area contributed by atoms with Crippen LogP contribution in [0.15, 0.2) is 28.8 Å². The Bertz CT molecular complexity index is 524. The lowest BCUT2D eigenvalue weighted by Crippen LogP contribution is -2.18. The highest BCUT2D eigenvalue weighted by molar-refractivity contribution is 5.20. The maximum Gasteiger partial charge on any atom is 0.231 e. The third-order valence-corrected chi connectivity index (χ3v) is 2.80. The van der Waals surface area contributed by atoms with Crippen LogP contribution in [0.3, 0.4) is 0 Å². The molecule has 2 aromatic rings. The van der Waals surface area contributed by atoms with Gasteiger partial charge in [0.1, 0.15) is 5.82 Å². The van der Waals surface area contributed by atoms with E-state index in [2.05, 4.69) is 10.1 Å². The fourth-order valence-electron chi connectivity index (χ4n) is 1.58. The maximum atomic E-state index is 13.5. The summed E-state index contributed by atoms with van der Waals surface area (Å²) in [6.45, 7) is 3.97. The Kier molecular flexibility index (Phi) is 3.72. The molecule has 0 saturated carbocycles. The molecule has 0 aliphatic heterocycles. The van der Waals surface area contributed by atoms with Crippen molar-refractivity contribution in [3.8, 4) is 0 Å². The van der Waals surface area contributed by atoms with Crippen molar-refractivity contribution in [2.45, 2.75) is 26.3 Å². The highest BCUT2D eigenvalue weighted by atomic mass is 19.1. The van der Waals surface area contributed by atoms with Gasteiger partial charge >= 0.3 is 0 Å². The molecule has 1 aromatic heterocycles. The zero-order valence-electron chi connectivity index (χ0n) is 10.4. The maximum absolute atomic E-state index is 13.5. The molecule has 1 aromatic carbocycles. The van der Waals surface area contributed by atoms with Crippen LogP contribution in [0, 0.1) is 11.7 Å². The fourth-order valence-corrected chi connectivity index (χ4v) is 1.58. The molecule has 0 amide bonds. The van der Waals surface area contributed by atoms with E-state index in [1.807, 2.05) is 13.8 Å². The molecule has 4 nitrogen and oxygen atoms in total. The summed E-state index contributed by atoms with van der Waals surface area (Å²) in [5.41, 5.74) is 6.45. The SMILES string of the molecule is CC(C)C(N)c1noc(Cc2ccccc2F)n1. The summed E-state index contributed by atoms with van der Waals surface area (Å²) in [5, 5.41) is 3.83. The minimum atomic E-state index is -0.273. The molecular formula is C13H16FN3O. The highest BCUT2D eigenvalue weighted by Crippen LogP contribution is 2.17. The second-order valence-electron chi connectivity index (χ2n) is 4.58. The molecule has 0 saturated heterocycles. The second-order valence-corrected chi connectivity index (χ2v) is 4.58.